The van der Waals surface area contributed by atoms with E-state index in [1.807, 2.05) is 0 Å². The SMILES string of the molecule is CCNCC(C)(C)COc1cc(C(C)C)ccc1C. The van der Waals surface area contributed by atoms with Crippen molar-refractivity contribution in [1.29, 1.82) is 0 Å². The van der Waals surface area contributed by atoms with E-state index in [1.54, 1.807) is 0 Å². The number of nitrogens with one attached hydrogen (secondary N) is 1. The number of aryl methyl sites for hydroxylation is 1. The lowest BCUT2D eigenvalue weighted by Crippen LogP contribution is -2.34. The molecule has 2 heteroatoms. The van der Waals surface area contributed by atoms with Crippen LogP contribution in [0.3, 0.4) is 0 Å². The Morgan fingerprint density at radius 3 is 2.53 bits per heavy atom. The van der Waals surface area contributed by atoms with Crippen molar-refractivity contribution in [2.75, 3.05) is 19.7 Å². The predicted molar refractivity (Wildman–Crippen MR) is 83.1 cm³/mol. The van der Waals surface area contributed by atoms with E-state index in [1.165, 1.54) is 11.1 Å². The molecule has 1 N–H and O–H groups in total. The summed E-state index contributed by atoms with van der Waals surface area (Å²) in [7, 11) is 0. The molecule has 0 aliphatic carbocycles. The molecule has 0 unspecified atom stereocenters. The van der Waals surface area contributed by atoms with E-state index in [2.05, 4.69) is 65.1 Å². The lowest BCUT2D eigenvalue weighted by atomic mass is 9.94. The quantitative estimate of drug-likeness (QED) is 0.798. The summed E-state index contributed by atoms with van der Waals surface area (Å²) >= 11 is 0. The van der Waals surface area contributed by atoms with Gasteiger partial charge in [-0.1, -0.05) is 46.8 Å². The summed E-state index contributed by atoms with van der Waals surface area (Å²) in [5, 5.41) is 3.39. The van der Waals surface area contributed by atoms with E-state index >= 15 is 0 Å². The molecule has 2 nitrogen and oxygen atoms in total. The van der Waals surface area contributed by atoms with Crippen molar-refractivity contribution >= 4 is 0 Å². The highest BCUT2D eigenvalue weighted by Gasteiger charge is 2.18. The number of benzene rings is 1. The molecule has 0 saturated heterocycles. The van der Waals surface area contributed by atoms with Gasteiger partial charge in [-0.2, -0.15) is 0 Å². The zero-order valence-corrected chi connectivity index (χ0v) is 13.3. The number of hydrogen-bond acceptors (Lipinski definition) is 2. The second-order valence-corrected chi connectivity index (χ2v) is 6.41. The molecule has 19 heavy (non-hydrogen) atoms. The third-order valence-electron chi connectivity index (χ3n) is 3.35. The first kappa shape index (κ1) is 16.0. The molecular weight excluding hydrogens is 234 g/mol. The van der Waals surface area contributed by atoms with Gasteiger partial charge in [0.1, 0.15) is 5.75 Å². The Balaban J connectivity index is 2.68. The summed E-state index contributed by atoms with van der Waals surface area (Å²) < 4.78 is 6.05. The highest BCUT2D eigenvalue weighted by Crippen LogP contribution is 2.26. The lowest BCUT2D eigenvalue weighted by Gasteiger charge is -2.25. The minimum Gasteiger partial charge on any atom is -0.493 e. The molecule has 108 valence electrons. The van der Waals surface area contributed by atoms with E-state index in [0.29, 0.717) is 5.92 Å². The fourth-order valence-corrected chi connectivity index (χ4v) is 1.92. The molecule has 0 radical (unpaired) electrons. The molecular formula is C17H29NO. The molecule has 0 bridgehead atoms. The van der Waals surface area contributed by atoms with Crippen molar-refractivity contribution in [2.45, 2.75) is 47.5 Å². The molecule has 0 amide bonds. The van der Waals surface area contributed by atoms with Crippen LogP contribution in [0.2, 0.25) is 0 Å². The van der Waals surface area contributed by atoms with E-state index < -0.39 is 0 Å². The lowest BCUT2D eigenvalue weighted by molar-refractivity contribution is 0.176. The second-order valence-electron chi connectivity index (χ2n) is 6.41. The fourth-order valence-electron chi connectivity index (χ4n) is 1.92. The van der Waals surface area contributed by atoms with Gasteiger partial charge in [0, 0.05) is 12.0 Å². The predicted octanol–water partition coefficient (Wildman–Crippen LogP) is 4.13. The third kappa shape index (κ3) is 5.23. The Bertz CT molecular complexity index is 396. The largest absolute Gasteiger partial charge is 0.493 e. The van der Waals surface area contributed by atoms with E-state index in [-0.39, 0.29) is 5.41 Å². The van der Waals surface area contributed by atoms with Gasteiger partial charge in [0.05, 0.1) is 6.61 Å². The molecule has 0 aliphatic heterocycles. The monoisotopic (exact) mass is 263 g/mol. The van der Waals surface area contributed by atoms with Gasteiger partial charge in [0.25, 0.3) is 0 Å². The fraction of sp³-hybridized carbons (Fsp3) is 0.647. The molecule has 0 heterocycles. The smallest absolute Gasteiger partial charge is 0.122 e. The van der Waals surface area contributed by atoms with Gasteiger partial charge in [0.2, 0.25) is 0 Å². The van der Waals surface area contributed by atoms with Crippen LogP contribution >= 0.6 is 0 Å². The topological polar surface area (TPSA) is 21.3 Å². The summed E-state index contributed by atoms with van der Waals surface area (Å²) in [6.07, 6.45) is 0. The Labute approximate surface area is 118 Å². The zero-order valence-electron chi connectivity index (χ0n) is 13.3. The maximum atomic E-state index is 6.05. The molecule has 0 atom stereocenters. The van der Waals surface area contributed by atoms with Crippen LogP contribution in [0.15, 0.2) is 18.2 Å². The summed E-state index contributed by atoms with van der Waals surface area (Å²) in [4.78, 5) is 0. The Hall–Kier alpha value is -1.02. The number of hydrogen-bond donors (Lipinski definition) is 1. The Kier molecular flexibility index (Phi) is 5.86. The van der Waals surface area contributed by atoms with Crippen LogP contribution < -0.4 is 10.1 Å². The van der Waals surface area contributed by atoms with Gasteiger partial charge in [-0.3, -0.25) is 0 Å². The summed E-state index contributed by atoms with van der Waals surface area (Å²) in [6.45, 7) is 15.9. The van der Waals surface area contributed by atoms with E-state index in [4.69, 9.17) is 4.74 Å². The third-order valence-corrected chi connectivity index (χ3v) is 3.35. The van der Waals surface area contributed by atoms with Crippen LogP contribution in [0.25, 0.3) is 0 Å². The molecule has 0 fully saturated rings. The van der Waals surface area contributed by atoms with Crippen LogP contribution in [-0.4, -0.2) is 19.7 Å². The van der Waals surface area contributed by atoms with Crippen molar-refractivity contribution in [1.82, 2.24) is 5.32 Å². The highest BCUT2D eigenvalue weighted by atomic mass is 16.5. The van der Waals surface area contributed by atoms with Crippen molar-refractivity contribution in [3.63, 3.8) is 0 Å². The van der Waals surface area contributed by atoms with E-state index in [9.17, 15) is 0 Å². The van der Waals surface area contributed by atoms with Crippen LogP contribution in [0.1, 0.15) is 51.7 Å². The van der Waals surface area contributed by atoms with Gasteiger partial charge < -0.3 is 10.1 Å². The number of ether oxygens (including phenoxy) is 1. The Morgan fingerprint density at radius 2 is 1.95 bits per heavy atom. The average molecular weight is 263 g/mol. The van der Waals surface area contributed by atoms with Gasteiger partial charge in [0.15, 0.2) is 0 Å². The molecule has 0 saturated carbocycles. The zero-order chi connectivity index (χ0) is 14.5. The first-order chi connectivity index (χ1) is 8.85. The molecule has 1 aromatic rings. The maximum absolute atomic E-state index is 6.05. The van der Waals surface area contributed by atoms with Crippen molar-refractivity contribution < 1.29 is 4.74 Å². The normalized spacial score (nSPS) is 11.9. The van der Waals surface area contributed by atoms with Crippen LogP contribution in [0.4, 0.5) is 0 Å². The van der Waals surface area contributed by atoms with Crippen LogP contribution in [-0.2, 0) is 0 Å². The average Bonchev–Trinajstić information content (AvgIpc) is 2.35. The molecule has 1 aromatic carbocycles. The first-order valence-corrected chi connectivity index (χ1v) is 7.30. The van der Waals surface area contributed by atoms with Crippen molar-refractivity contribution in [3.05, 3.63) is 29.3 Å². The number of rotatable bonds is 7. The van der Waals surface area contributed by atoms with Gasteiger partial charge in [-0.25, -0.2) is 0 Å². The molecule has 1 rings (SSSR count). The van der Waals surface area contributed by atoms with Crippen LogP contribution in [0, 0.1) is 12.3 Å². The molecule has 0 spiro atoms. The van der Waals surface area contributed by atoms with Crippen LogP contribution in [0.5, 0.6) is 5.75 Å². The summed E-state index contributed by atoms with van der Waals surface area (Å²) in [5.41, 5.74) is 2.70. The highest BCUT2D eigenvalue weighted by molar-refractivity contribution is 5.37. The standard InChI is InChI=1S/C17H29NO/c1-7-18-11-17(5,6)12-19-16-10-15(13(2)3)9-8-14(16)4/h8-10,13,18H,7,11-12H2,1-6H3. The first-order valence-electron chi connectivity index (χ1n) is 7.30. The van der Waals surface area contributed by atoms with Crippen molar-refractivity contribution in [2.24, 2.45) is 5.41 Å². The minimum absolute atomic E-state index is 0.149. The second kappa shape index (κ2) is 6.95. The maximum Gasteiger partial charge on any atom is 0.122 e. The summed E-state index contributed by atoms with van der Waals surface area (Å²) in [6, 6.07) is 6.53. The van der Waals surface area contributed by atoms with E-state index in [0.717, 1.165) is 25.4 Å². The molecule has 0 aliphatic rings. The van der Waals surface area contributed by atoms with Gasteiger partial charge >= 0.3 is 0 Å². The Morgan fingerprint density at radius 1 is 1.26 bits per heavy atom. The summed E-state index contributed by atoms with van der Waals surface area (Å²) in [5.74, 6) is 1.56. The minimum atomic E-state index is 0.149. The van der Waals surface area contributed by atoms with Crippen molar-refractivity contribution in [3.8, 4) is 5.75 Å². The van der Waals surface area contributed by atoms with Gasteiger partial charge in [-0.15, -0.1) is 0 Å². The van der Waals surface area contributed by atoms with Gasteiger partial charge in [-0.05, 0) is 36.6 Å². The molecule has 0 aromatic heterocycles.